The predicted molar refractivity (Wildman–Crippen MR) is 113 cm³/mol. The molecule has 1 aromatic carbocycles. The Balaban J connectivity index is 0.00000312. The van der Waals surface area contributed by atoms with Crippen LogP contribution in [-0.2, 0) is 6.54 Å². The fraction of sp³-hybridized carbons (Fsp3) is 0.611. The van der Waals surface area contributed by atoms with Gasteiger partial charge in [-0.05, 0) is 30.7 Å². The summed E-state index contributed by atoms with van der Waals surface area (Å²) in [5, 5.41) is 6.59. The minimum absolute atomic E-state index is 0. The maximum absolute atomic E-state index is 13.2. The molecular weight excluding hydrogens is 432 g/mol. The molecule has 25 heavy (non-hydrogen) atoms. The molecule has 1 unspecified atom stereocenters. The van der Waals surface area contributed by atoms with Crippen LogP contribution >= 0.6 is 24.0 Å². The molecule has 0 spiro atoms. The first-order valence-electron chi connectivity index (χ1n) is 8.66. The fourth-order valence-corrected chi connectivity index (χ4v) is 2.86. The summed E-state index contributed by atoms with van der Waals surface area (Å²) in [6.07, 6.45) is 0. The van der Waals surface area contributed by atoms with E-state index in [1.807, 2.05) is 6.07 Å². The van der Waals surface area contributed by atoms with Crippen molar-refractivity contribution in [2.24, 2.45) is 10.9 Å². The topological polar surface area (TPSA) is 42.9 Å². The van der Waals surface area contributed by atoms with Gasteiger partial charge in [-0.3, -0.25) is 4.99 Å². The van der Waals surface area contributed by atoms with Gasteiger partial charge in [-0.25, -0.2) is 4.39 Å². The van der Waals surface area contributed by atoms with Crippen LogP contribution in [0.3, 0.4) is 0 Å². The fourth-order valence-electron chi connectivity index (χ4n) is 2.86. The first kappa shape index (κ1) is 22.1. The number of piperazine rings is 1. The van der Waals surface area contributed by atoms with E-state index in [9.17, 15) is 4.39 Å². The quantitative estimate of drug-likeness (QED) is 0.385. The molecule has 1 aliphatic rings. The SMILES string of the molecule is CN=C(NCc1cccc(F)c1)NCC(C)CN1CCN(C)CC1.I. The number of benzene rings is 1. The smallest absolute Gasteiger partial charge is 0.191 e. The van der Waals surface area contributed by atoms with E-state index in [1.54, 1.807) is 13.1 Å². The molecule has 0 aliphatic carbocycles. The van der Waals surface area contributed by atoms with Crippen LogP contribution in [0.25, 0.3) is 0 Å². The van der Waals surface area contributed by atoms with Gasteiger partial charge in [0.05, 0.1) is 0 Å². The number of hydrogen-bond acceptors (Lipinski definition) is 3. The first-order valence-corrected chi connectivity index (χ1v) is 8.66. The summed E-state index contributed by atoms with van der Waals surface area (Å²) in [5.74, 6) is 1.09. The number of halogens is 2. The molecule has 0 aromatic heterocycles. The van der Waals surface area contributed by atoms with E-state index >= 15 is 0 Å². The predicted octanol–water partition coefficient (Wildman–Crippen LogP) is 1.99. The van der Waals surface area contributed by atoms with E-state index in [4.69, 9.17) is 0 Å². The van der Waals surface area contributed by atoms with Gasteiger partial charge in [0.2, 0.25) is 0 Å². The molecule has 0 radical (unpaired) electrons. The van der Waals surface area contributed by atoms with E-state index in [-0.39, 0.29) is 29.8 Å². The number of guanidine groups is 1. The summed E-state index contributed by atoms with van der Waals surface area (Å²) in [6, 6.07) is 6.62. The number of rotatable bonds is 6. The average molecular weight is 463 g/mol. The zero-order chi connectivity index (χ0) is 17.4. The van der Waals surface area contributed by atoms with Gasteiger partial charge >= 0.3 is 0 Å². The summed E-state index contributed by atoms with van der Waals surface area (Å²) >= 11 is 0. The zero-order valence-corrected chi connectivity index (χ0v) is 17.8. The minimum Gasteiger partial charge on any atom is -0.356 e. The Labute approximate surface area is 168 Å². The van der Waals surface area contributed by atoms with Crippen LogP contribution in [0.5, 0.6) is 0 Å². The molecule has 1 heterocycles. The second kappa shape index (κ2) is 11.6. The largest absolute Gasteiger partial charge is 0.356 e. The molecule has 1 saturated heterocycles. The lowest BCUT2D eigenvalue weighted by atomic mass is 10.1. The molecule has 1 aliphatic heterocycles. The highest BCUT2D eigenvalue weighted by atomic mass is 127. The van der Waals surface area contributed by atoms with Crippen molar-refractivity contribution in [2.45, 2.75) is 13.5 Å². The lowest BCUT2D eigenvalue weighted by Crippen LogP contribution is -2.47. The van der Waals surface area contributed by atoms with Crippen LogP contribution in [0, 0.1) is 11.7 Å². The molecule has 7 heteroatoms. The maximum atomic E-state index is 13.2. The number of nitrogens with zero attached hydrogens (tertiary/aromatic N) is 3. The van der Waals surface area contributed by atoms with Crippen molar-refractivity contribution in [3.63, 3.8) is 0 Å². The van der Waals surface area contributed by atoms with Gasteiger partial charge in [-0.15, -0.1) is 24.0 Å². The second-order valence-electron chi connectivity index (χ2n) is 6.65. The van der Waals surface area contributed by atoms with Crippen LogP contribution in [0.1, 0.15) is 12.5 Å². The van der Waals surface area contributed by atoms with Crippen molar-refractivity contribution in [1.29, 1.82) is 0 Å². The van der Waals surface area contributed by atoms with Crippen LogP contribution in [-0.4, -0.2) is 69.1 Å². The van der Waals surface area contributed by atoms with Crippen molar-refractivity contribution in [2.75, 3.05) is 53.4 Å². The van der Waals surface area contributed by atoms with E-state index in [0.717, 1.165) is 50.8 Å². The van der Waals surface area contributed by atoms with Gasteiger partial charge in [0.15, 0.2) is 5.96 Å². The number of nitrogens with one attached hydrogen (secondary N) is 2. The Bertz CT molecular complexity index is 532. The van der Waals surface area contributed by atoms with Crippen LogP contribution in [0.4, 0.5) is 4.39 Å². The molecule has 142 valence electrons. The molecule has 1 fully saturated rings. The summed E-state index contributed by atoms with van der Waals surface area (Å²) in [6.45, 7) is 9.38. The number of likely N-dealkylation sites (N-methyl/N-ethyl adjacent to an activating group) is 1. The Morgan fingerprint density at radius 3 is 2.60 bits per heavy atom. The Morgan fingerprint density at radius 2 is 1.96 bits per heavy atom. The first-order chi connectivity index (χ1) is 11.6. The third-order valence-corrected chi connectivity index (χ3v) is 4.36. The van der Waals surface area contributed by atoms with Crippen LogP contribution in [0.15, 0.2) is 29.3 Å². The van der Waals surface area contributed by atoms with Gasteiger partial charge in [-0.1, -0.05) is 19.1 Å². The zero-order valence-electron chi connectivity index (χ0n) is 15.5. The minimum atomic E-state index is -0.210. The highest BCUT2D eigenvalue weighted by molar-refractivity contribution is 14.0. The molecule has 0 saturated carbocycles. The van der Waals surface area contributed by atoms with Gasteiger partial charge < -0.3 is 20.4 Å². The van der Waals surface area contributed by atoms with Crippen molar-refractivity contribution < 1.29 is 4.39 Å². The van der Waals surface area contributed by atoms with Crippen molar-refractivity contribution in [3.05, 3.63) is 35.6 Å². The summed E-state index contributed by atoms with van der Waals surface area (Å²) < 4.78 is 13.2. The molecule has 5 nitrogen and oxygen atoms in total. The standard InChI is InChI=1S/C18H30FN5.HI/c1-15(14-24-9-7-23(3)8-10-24)12-21-18(20-2)22-13-16-5-4-6-17(19)11-16;/h4-6,11,15H,7-10,12-14H2,1-3H3,(H2,20,21,22);1H. The summed E-state index contributed by atoms with van der Waals surface area (Å²) in [4.78, 5) is 9.13. The van der Waals surface area contributed by atoms with Crippen LogP contribution in [0.2, 0.25) is 0 Å². The van der Waals surface area contributed by atoms with Crippen molar-refractivity contribution in [3.8, 4) is 0 Å². The second-order valence-corrected chi connectivity index (χ2v) is 6.65. The Hall–Kier alpha value is -0.930. The molecule has 1 atom stereocenters. The third kappa shape index (κ3) is 8.33. The molecule has 2 N–H and O–H groups in total. The molecule has 2 rings (SSSR count). The van der Waals surface area contributed by atoms with Gasteiger partial charge in [0.1, 0.15) is 5.82 Å². The maximum Gasteiger partial charge on any atom is 0.191 e. The summed E-state index contributed by atoms with van der Waals surface area (Å²) in [7, 11) is 3.93. The van der Waals surface area contributed by atoms with E-state index in [0.29, 0.717) is 12.5 Å². The Kier molecular flexibility index (Phi) is 10.3. The van der Waals surface area contributed by atoms with Gasteiger partial charge in [0.25, 0.3) is 0 Å². The van der Waals surface area contributed by atoms with Crippen LogP contribution < -0.4 is 10.6 Å². The van der Waals surface area contributed by atoms with Crippen molar-refractivity contribution >= 4 is 29.9 Å². The molecule has 0 bridgehead atoms. The van der Waals surface area contributed by atoms with Crippen molar-refractivity contribution in [1.82, 2.24) is 20.4 Å². The summed E-state index contributed by atoms with van der Waals surface area (Å²) in [5.41, 5.74) is 0.906. The van der Waals surface area contributed by atoms with Gasteiger partial charge in [-0.2, -0.15) is 0 Å². The Morgan fingerprint density at radius 1 is 1.24 bits per heavy atom. The highest BCUT2D eigenvalue weighted by Crippen LogP contribution is 2.04. The highest BCUT2D eigenvalue weighted by Gasteiger charge is 2.16. The normalized spacial score (nSPS) is 17.7. The lowest BCUT2D eigenvalue weighted by molar-refractivity contribution is 0.139. The average Bonchev–Trinajstić information content (AvgIpc) is 2.57. The van der Waals surface area contributed by atoms with E-state index < -0.39 is 0 Å². The molecular formula is C18H31FIN5. The molecule has 1 aromatic rings. The van der Waals surface area contributed by atoms with E-state index in [2.05, 4.69) is 39.4 Å². The van der Waals surface area contributed by atoms with Gasteiger partial charge in [0, 0.05) is 52.9 Å². The monoisotopic (exact) mass is 463 g/mol. The lowest BCUT2D eigenvalue weighted by Gasteiger charge is -2.34. The third-order valence-electron chi connectivity index (χ3n) is 4.36. The number of hydrogen-bond donors (Lipinski definition) is 2. The number of aliphatic imine (C=N–C) groups is 1. The molecule has 0 amide bonds. The van der Waals surface area contributed by atoms with E-state index in [1.165, 1.54) is 12.1 Å².